The molecule has 1 aromatic rings. The van der Waals surface area contributed by atoms with E-state index in [1.165, 1.54) is 43.2 Å². The Balaban J connectivity index is 1.82. The Kier molecular flexibility index (Phi) is 5.46. The molecule has 138 valence electrons. The molecule has 2 aliphatic rings. The van der Waals surface area contributed by atoms with Gasteiger partial charge in [-0.15, -0.1) is 0 Å². The Morgan fingerprint density at radius 2 is 1.92 bits per heavy atom. The predicted octanol–water partition coefficient (Wildman–Crippen LogP) is 6.52. The molecule has 0 saturated carbocycles. The minimum absolute atomic E-state index is 0.180. The molecule has 3 rings (SSSR count). The van der Waals surface area contributed by atoms with Gasteiger partial charge in [-0.05, 0) is 64.2 Å². The molecule has 25 heavy (non-hydrogen) atoms. The second-order valence-electron chi connectivity index (χ2n) is 8.60. The molecule has 2 atom stereocenters. The van der Waals surface area contributed by atoms with Gasteiger partial charge in [-0.25, -0.2) is 0 Å². The summed E-state index contributed by atoms with van der Waals surface area (Å²) in [5.74, 6) is 2.18. The number of ether oxygens (including phenoxy) is 1. The third-order valence-corrected chi connectivity index (χ3v) is 6.13. The highest BCUT2D eigenvalue weighted by Gasteiger charge is 2.45. The van der Waals surface area contributed by atoms with Crippen molar-refractivity contribution < 1.29 is 9.84 Å². The molecule has 1 aliphatic carbocycles. The number of hydrogen-bond donors (Lipinski definition) is 1. The van der Waals surface area contributed by atoms with Crippen LogP contribution in [-0.4, -0.2) is 10.7 Å². The summed E-state index contributed by atoms with van der Waals surface area (Å²) >= 11 is 0. The van der Waals surface area contributed by atoms with E-state index < -0.39 is 0 Å². The van der Waals surface area contributed by atoms with Gasteiger partial charge in [0, 0.05) is 17.4 Å². The summed E-state index contributed by atoms with van der Waals surface area (Å²) in [4.78, 5) is 0. The first kappa shape index (κ1) is 18.4. The lowest BCUT2D eigenvalue weighted by molar-refractivity contribution is 0.00753. The first-order chi connectivity index (χ1) is 11.9. The average molecular weight is 343 g/mol. The van der Waals surface area contributed by atoms with Crippen LogP contribution in [0.5, 0.6) is 11.5 Å². The van der Waals surface area contributed by atoms with Gasteiger partial charge in [0.1, 0.15) is 17.1 Å². The van der Waals surface area contributed by atoms with Crippen molar-refractivity contribution in [3.05, 3.63) is 34.9 Å². The van der Waals surface area contributed by atoms with Crippen molar-refractivity contribution in [1.82, 2.24) is 0 Å². The zero-order chi connectivity index (χ0) is 18.0. The summed E-state index contributed by atoms with van der Waals surface area (Å²) in [6, 6.07) is 4.19. The fourth-order valence-electron chi connectivity index (χ4n) is 4.70. The first-order valence-electron chi connectivity index (χ1n) is 10.1. The largest absolute Gasteiger partial charge is 0.508 e. The number of phenolic OH excluding ortho intramolecular Hbond substituents is 1. The normalized spacial score (nSPS) is 24.1. The second-order valence-corrected chi connectivity index (χ2v) is 8.60. The lowest BCUT2D eigenvalue weighted by Crippen LogP contribution is -2.45. The summed E-state index contributed by atoms with van der Waals surface area (Å²) in [6.07, 6.45) is 11.8. The van der Waals surface area contributed by atoms with E-state index in [-0.39, 0.29) is 5.60 Å². The second kappa shape index (κ2) is 7.43. The van der Waals surface area contributed by atoms with Gasteiger partial charge in [0.2, 0.25) is 0 Å². The van der Waals surface area contributed by atoms with E-state index >= 15 is 0 Å². The maximum Gasteiger partial charge on any atom is 0.127 e. The van der Waals surface area contributed by atoms with Crippen LogP contribution >= 0.6 is 0 Å². The zero-order valence-electron chi connectivity index (χ0n) is 16.4. The van der Waals surface area contributed by atoms with Gasteiger partial charge in [0.15, 0.2) is 0 Å². The highest BCUT2D eigenvalue weighted by Crippen LogP contribution is 2.54. The van der Waals surface area contributed by atoms with Crippen LogP contribution in [0.1, 0.15) is 89.7 Å². The van der Waals surface area contributed by atoms with E-state index in [1.54, 1.807) is 0 Å². The van der Waals surface area contributed by atoms with E-state index in [2.05, 4.69) is 39.8 Å². The van der Waals surface area contributed by atoms with Gasteiger partial charge in [-0.2, -0.15) is 0 Å². The number of fused-ring (bicyclic) bond motifs is 3. The number of hydrogen-bond acceptors (Lipinski definition) is 2. The lowest BCUT2D eigenvalue weighted by Gasteiger charge is -2.47. The van der Waals surface area contributed by atoms with E-state index in [1.807, 2.05) is 6.07 Å². The molecule has 0 saturated heterocycles. The van der Waals surface area contributed by atoms with E-state index in [0.717, 1.165) is 30.6 Å². The molecule has 0 spiro atoms. The van der Waals surface area contributed by atoms with Crippen LogP contribution in [0.4, 0.5) is 0 Å². The van der Waals surface area contributed by atoms with Crippen molar-refractivity contribution in [1.29, 1.82) is 0 Å². The smallest absolute Gasteiger partial charge is 0.127 e. The van der Waals surface area contributed by atoms with Gasteiger partial charge >= 0.3 is 0 Å². The molecule has 1 heterocycles. The molecule has 1 aliphatic heterocycles. The van der Waals surface area contributed by atoms with Crippen LogP contribution in [-0.2, 0) is 6.42 Å². The van der Waals surface area contributed by atoms with Gasteiger partial charge < -0.3 is 9.84 Å². The van der Waals surface area contributed by atoms with Crippen LogP contribution in [0, 0.1) is 5.92 Å². The molecule has 0 fully saturated rings. The third-order valence-electron chi connectivity index (χ3n) is 6.13. The monoisotopic (exact) mass is 342 g/mol. The number of phenols is 1. The maximum atomic E-state index is 10.8. The molecule has 2 heteroatoms. The Labute approximate surface area is 153 Å². The van der Waals surface area contributed by atoms with Crippen molar-refractivity contribution >= 4 is 0 Å². The van der Waals surface area contributed by atoms with Crippen LogP contribution in [0.2, 0.25) is 0 Å². The Bertz CT molecular complexity index is 642. The predicted molar refractivity (Wildman–Crippen MR) is 104 cm³/mol. The van der Waals surface area contributed by atoms with Crippen LogP contribution in [0.3, 0.4) is 0 Å². The topological polar surface area (TPSA) is 29.5 Å². The third kappa shape index (κ3) is 3.88. The summed E-state index contributed by atoms with van der Waals surface area (Å²) in [5, 5.41) is 10.8. The van der Waals surface area contributed by atoms with E-state index in [9.17, 15) is 5.11 Å². The maximum absolute atomic E-state index is 10.8. The SMILES string of the molecule is CCCCCCCc1cc(O)c2c(c1)OC(C)(C)[C@@H]1CC=C(C)CC21. The van der Waals surface area contributed by atoms with E-state index in [4.69, 9.17) is 4.74 Å². The van der Waals surface area contributed by atoms with Gasteiger partial charge in [0.05, 0.1) is 0 Å². The molecular weight excluding hydrogens is 308 g/mol. The minimum atomic E-state index is -0.180. The highest BCUT2D eigenvalue weighted by molar-refractivity contribution is 5.52. The molecule has 0 amide bonds. The van der Waals surface area contributed by atoms with E-state index in [0.29, 0.717) is 17.6 Å². The summed E-state index contributed by atoms with van der Waals surface area (Å²) < 4.78 is 6.40. The molecule has 1 aromatic carbocycles. The van der Waals surface area contributed by atoms with Crippen molar-refractivity contribution in [3.63, 3.8) is 0 Å². The first-order valence-corrected chi connectivity index (χ1v) is 10.1. The van der Waals surface area contributed by atoms with Crippen LogP contribution < -0.4 is 4.74 Å². The number of benzene rings is 1. The summed E-state index contributed by atoms with van der Waals surface area (Å²) in [6.45, 7) is 8.86. The standard InChI is InChI=1S/C23H34O2/c1-5-6-7-8-9-10-17-14-20(24)22-18-13-16(2)11-12-19(18)23(3,4)25-21(22)15-17/h11,14-15,18-19,24H,5-10,12-13H2,1-4H3/t18?,19-/m1/s1. The van der Waals surface area contributed by atoms with Gasteiger partial charge in [-0.3, -0.25) is 0 Å². The molecule has 0 radical (unpaired) electrons. The van der Waals surface area contributed by atoms with Gasteiger partial charge in [-0.1, -0.05) is 44.3 Å². The van der Waals surface area contributed by atoms with Gasteiger partial charge in [0.25, 0.3) is 0 Å². The number of aromatic hydroxyl groups is 1. The number of allylic oxidation sites excluding steroid dienone is 2. The highest BCUT2D eigenvalue weighted by atomic mass is 16.5. The van der Waals surface area contributed by atoms with Crippen LogP contribution in [0.25, 0.3) is 0 Å². The Hall–Kier alpha value is -1.44. The Morgan fingerprint density at radius 1 is 1.16 bits per heavy atom. The molecule has 1 N–H and O–H groups in total. The van der Waals surface area contributed by atoms with Crippen LogP contribution in [0.15, 0.2) is 23.8 Å². The average Bonchev–Trinajstić information content (AvgIpc) is 2.53. The fraction of sp³-hybridized carbons (Fsp3) is 0.652. The summed E-state index contributed by atoms with van der Waals surface area (Å²) in [5.41, 5.74) is 3.52. The van der Waals surface area contributed by atoms with Crippen molar-refractivity contribution in [2.45, 2.75) is 90.6 Å². The fourth-order valence-corrected chi connectivity index (χ4v) is 4.70. The van der Waals surface area contributed by atoms with Crippen molar-refractivity contribution in [2.75, 3.05) is 0 Å². The lowest BCUT2D eigenvalue weighted by atomic mass is 9.67. The van der Waals surface area contributed by atoms with Crippen molar-refractivity contribution in [2.24, 2.45) is 5.92 Å². The summed E-state index contributed by atoms with van der Waals surface area (Å²) in [7, 11) is 0. The molecule has 1 unspecified atom stereocenters. The molecule has 0 aromatic heterocycles. The Morgan fingerprint density at radius 3 is 2.68 bits per heavy atom. The number of rotatable bonds is 6. The molecule has 0 bridgehead atoms. The van der Waals surface area contributed by atoms with Crippen molar-refractivity contribution in [3.8, 4) is 11.5 Å². The number of unbranched alkanes of at least 4 members (excludes halogenated alkanes) is 4. The molecule has 2 nitrogen and oxygen atoms in total. The minimum Gasteiger partial charge on any atom is -0.508 e. The molecular formula is C23H34O2. The number of aryl methyl sites for hydroxylation is 1. The zero-order valence-corrected chi connectivity index (χ0v) is 16.4. The quantitative estimate of drug-likeness (QED) is 0.471.